The van der Waals surface area contributed by atoms with E-state index in [-0.39, 0.29) is 23.3 Å². The highest BCUT2D eigenvalue weighted by Crippen LogP contribution is 2.25. The van der Waals surface area contributed by atoms with Gasteiger partial charge in [0, 0.05) is 22.9 Å². The minimum Gasteiger partial charge on any atom is -0.407 e. The molecule has 4 rings (SSSR count). The molecule has 11 heteroatoms. The van der Waals surface area contributed by atoms with Gasteiger partial charge in [-0.1, -0.05) is 15.9 Å². The first-order chi connectivity index (χ1) is 13.9. The number of carbonyl (C=O) groups is 1. The predicted octanol–water partition coefficient (Wildman–Crippen LogP) is 3.09. The summed E-state index contributed by atoms with van der Waals surface area (Å²) in [4.78, 5) is 35.0. The number of nitrogens with zero attached hydrogens (tertiary/aromatic N) is 4. The Balaban J connectivity index is 1.63. The molecule has 0 fully saturated rings. The Hall–Kier alpha value is -3.73. The Morgan fingerprint density at radius 1 is 1.28 bits per heavy atom. The molecule has 2 heterocycles. The van der Waals surface area contributed by atoms with Crippen LogP contribution in [0.1, 0.15) is 0 Å². The zero-order chi connectivity index (χ0) is 20.5. The zero-order valence-electron chi connectivity index (χ0n) is 14.6. The summed E-state index contributed by atoms with van der Waals surface area (Å²) in [5.41, 5.74) is 1.26. The van der Waals surface area contributed by atoms with Crippen molar-refractivity contribution in [2.24, 2.45) is 0 Å². The summed E-state index contributed by atoms with van der Waals surface area (Å²) in [6.45, 7) is -0.325. The smallest absolute Gasteiger partial charge is 0.407 e. The van der Waals surface area contributed by atoms with Crippen molar-refractivity contribution < 1.29 is 14.1 Å². The monoisotopic (exact) mass is 457 g/mol. The minimum absolute atomic E-state index is 0.0386. The van der Waals surface area contributed by atoms with Crippen LogP contribution < -0.4 is 11.1 Å². The third-order valence-corrected chi connectivity index (χ3v) is 4.64. The molecule has 0 aliphatic heterocycles. The molecule has 0 aliphatic carbocycles. The van der Waals surface area contributed by atoms with Crippen molar-refractivity contribution in [3.63, 3.8) is 0 Å². The van der Waals surface area contributed by atoms with E-state index < -0.39 is 16.6 Å². The van der Waals surface area contributed by atoms with Crippen molar-refractivity contribution in [1.82, 2.24) is 14.3 Å². The van der Waals surface area contributed by atoms with Crippen LogP contribution in [-0.4, -0.2) is 25.2 Å². The molecule has 29 heavy (non-hydrogen) atoms. The first-order valence-corrected chi connectivity index (χ1v) is 9.09. The number of fused-ring (bicyclic) bond motifs is 1. The van der Waals surface area contributed by atoms with E-state index in [0.717, 1.165) is 15.1 Å². The van der Waals surface area contributed by atoms with Gasteiger partial charge in [0.2, 0.25) is 5.91 Å². The number of rotatable bonds is 5. The molecular weight excluding hydrogens is 446 g/mol. The van der Waals surface area contributed by atoms with Gasteiger partial charge in [0.25, 0.3) is 5.69 Å². The lowest BCUT2D eigenvalue weighted by molar-refractivity contribution is -0.384. The Bertz CT molecular complexity index is 1290. The van der Waals surface area contributed by atoms with Crippen molar-refractivity contribution in [2.45, 2.75) is 6.54 Å². The molecule has 2 aromatic heterocycles. The maximum atomic E-state index is 12.6. The van der Waals surface area contributed by atoms with Crippen molar-refractivity contribution in [3.8, 4) is 5.69 Å². The molecule has 2 aromatic carbocycles. The molecule has 0 unspecified atom stereocenters. The molecule has 1 amide bonds. The largest absolute Gasteiger partial charge is 0.420 e. The highest BCUT2D eigenvalue weighted by Gasteiger charge is 2.17. The van der Waals surface area contributed by atoms with Crippen molar-refractivity contribution in [2.75, 3.05) is 5.32 Å². The Morgan fingerprint density at radius 2 is 2.10 bits per heavy atom. The number of amides is 1. The second kappa shape index (κ2) is 7.36. The number of oxazole rings is 1. The molecule has 0 bridgehead atoms. The number of halogens is 1. The quantitative estimate of drug-likeness (QED) is 0.362. The van der Waals surface area contributed by atoms with E-state index in [2.05, 4.69) is 26.3 Å². The summed E-state index contributed by atoms with van der Waals surface area (Å²) < 4.78 is 8.50. The lowest BCUT2D eigenvalue weighted by atomic mass is 10.2. The number of nitro benzene ring substituents is 1. The van der Waals surface area contributed by atoms with Crippen molar-refractivity contribution in [3.05, 3.63) is 80.0 Å². The van der Waals surface area contributed by atoms with Crippen LogP contribution in [0.2, 0.25) is 0 Å². The van der Waals surface area contributed by atoms with Crippen molar-refractivity contribution in [1.29, 1.82) is 0 Å². The Kier molecular flexibility index (Phi) is 4.72. The number of non-ortho nitro benzene ring substituents is 1. The summed E-state index contributed by atoms with van der Waals surface area (Å²) in [5.74, 6) is -1.25. The molecule has 1 N–H and O–H groups in total. The number of nitro groups is 1. The number of anilines is 1. The number of nitrogens with one attached hydrogen (secondary N) is 1. The fourth-order valence-corrected chi connectivity index (χ4v) is 3.23. The summed E-state index contributed by atoms with van der Waals surface area (Å²) in [5, 5.41) is 17.8. The standard InChI is InChI=1S/C18H12BrN5O5/c19-11-2-4-14(23-7-1-6-20-23)13(8-11)21-17(25)10-22-15-5-3-12(24(27)28)9-16(15)29-18(22)26/h1-9H,10H2,(H,21,25). The number of hydrogen-bond donors (Lipinski definition) is 1. The summed E-state index contributed by atoms with van der Waals surface area (Å²) in [6.07, 6.45) is 3.35. The summed E-state index contributed by atoms with van der Waals surface area (Å²) in [6, 6.07) is 10.8. The molecular formula is C18H12BrN5O5. The van der Waals surface area contributed by atoms with Gasteiger partial charge in [0.15, 0.2) is 5.58 Å². The molecule has 0 spiro atoms. The minimum atomic E-state index is -0.780. The van der Waals surface area contributed by atoms with Gasteiger partial charge >= 0.3 is 5.76 Å². The number of benzene rings is 2. The summed E-state index contributed by atoms with van der Waals surface area (Å²) in [7, 11) is 0. The highest BCUT2D eigenvalue weighted by atomic mass is 79.9. The van der Waals surface area contributed by atoms with Crippen LogP contribution in [0.15, 0.2) is 68.5 Å². The highest BCUT2D eigenvalue weighted by molar-refractivity contribution is 9.10. The van der Waals surface area contributed by atoms with Crippen LogP contribution in [0.4, 0.5) is 11.4 Å². The average Bonchev–Trinajstić information content (AvgIpc) is 3.30. The van der Waals surface area contributed by atoms with Crippen LogP contribution >= 0.6 is 15.9 Å². The first kappa shape index (κ1) is 18.6. The first-order valence-electron chi connectivity index (χ1n) is 8.29. The van der Waals surface area contributed by atoms with E-state index in [4.69, 9.17) is 4.42 Å². The number of hydrogen-bond acceptors (Lipinski definition) is 6. The van der Waals surface area contributed by atoms with Gasteiger partial charge in [-0.2, -0.15) is 5.10 Å². The fraction of sp³-hybridized carbons (Fsp3) is 0.0556. The van der Waals surface area contributed by atoms with Crippen LogP contribution in [0.3, 0.4) is 0 Å². The normalized spacial score (nSPS) is 10.9. The SMILES string of the molecule is O=C(Cn1c(=O)oc2cc([N+](=O)[O-])ccc21)Nc1cc(Br)ccc1-n1cccn1. The zero-order valence-corrected chi connectivity index (χ0v) is 16.2. The molecule has 0 aliphatic rings. The molecule has 0 saturated carbocycles. The second-order valence-corrected chi connectivity index (χ2v) is 6.94. The number of aromatic nitrogens is 3. The fourth-order valence-electron chi connectivity index (χ4n) is 2.87. The van der Waals surface area contributed by atoms with E-state index >= 15 is 0 Å². The van der Waals surface area contributed by atoms with E-state index in [0.29, 0.717) is 11.4 Å². The third-order valence-electron chi connectivity index (χ3n) is 4.15. The third kappa shape index (κ3) is 3.67. The van der Waals surface area contributed by atoms with Crippen LogP contribution in [0.25, 0.3) is 16.8 Å². The van der Waals surface area contributed by atoms with Gasteiger partial charge in [-0.3, -0.25) is 19.5 Å². The molecule has 0 atom stereocenters. The Labute approximate surface area is 170 Å². The van der Waals surface area contributed by atoms with Gasteiger partial charge in [0.05, 0.1) is 27.9 Å². The predicted molar refractivity (Wildman–Crippen MR) is 107 cm³/mol. The molecule has 146 valence electrons. The van der Waals surface area contributed by atoms with Gasteiger partial charge < -0.3 is 9.73 Å². The van der Waals surface area contributed by atoms with E-state index in [1.165, 1.54) is 12.1 Å². The Morgan fingerprint density at radius 3 is 2.83 bits per heavy atom. The molecule has 4 aromatic rings. The van der Waals surface area contributed by atoms with E-state index in [9.17, 15) is 19.7 Å². The van der Waals surface area contributed by atoms with Gasteiger partial charge in [0.1, 0.15) is 6.54 Å². The van der Waals surface area contributed by atoms with Crippen LogP contribution in [0.5, 0.6) is 0 Å². The van der Waals surface area contributed by atoms with E-state index in [1.54, 1.807) is 35.3 Å². The second-order valence-electron chi connectivity index (χ2n) is 6.02. The topological polar surface area (TPSA) is 125 Å². The molecule has 0 radical (unpaired) electrons. The van der Waals surface area contributed by atoms with E-state index in [1.807, 2.05) is 6.07 Å². The molecule has 0 saturated heterocycles. The maximum Gasteiger partial charge on any atom is 0.420 e. The lowest BCUT2D eigenvalue weighted by Gasteiger charge is -2.12. The maximum absolute atomic E-state index is 12.6. The number of carbonyl (C=O) groups excluding carboxylic acids is 1. The van der Waals surface area contributed by atoms with Crippen LogP contribution in [0, 0.1) is 10.1 Å². The lowest BCUT2D eigenvalue weighted by Crippen LogP contribution is -2.25. The average molecular weight is 458 g/mol. The van der Waals surface area contributed by atoms with Crippen LogP contribution in [-0.2, 0) is 11.3 Å². The van der Waals surface area contributed by atoms with Crippen molar-refractivity contribution >= 4 is 44.3 Å². The molecule has 10 nitrogen and oxygen atoms in total. The van der Waals surface area contributed by atoms with Gasteiger partial charge in [-0.15, -0.1) is 0 Å². The van der Waals surface area contributed by atoms with Gasteiger partial charge in [-0.25, -0.2) is 9.48 Å². The summed E-state index contributed by atoms with van der Waals surface area (Å²) >= 11 is 3.37. The van der Waals surface area contributed by atoms with Gasteiger partial charge in [-0.05, 0) is 30.3 Å².